The van der Waals surface area contributed by atoms with Crippen LogP contribution in [0.1, 0.15) is 44.5 Å². The maximum absolute atomic E-state index is 13.3. The molecule has 0 bridgehead atoms. The minimum Gasteiger partial charge on any atom is -0.166 e. The molecule has 0 aliphatic carbocycles. The molecular weight excluding hydrogens is 765 g/mol. The van der Waals surface area contributed by atoms with Crippen LogP contribution in [0.15, 0.2) is 106 Å². The van der Waals surface area contributed by atoms with Crippen molar-refractivity contribution in [1.29, 1.82) is 0 Å². The highest BCUT2D eigenvalue weighted by molar-refractivity contribution is 8.39. The molecule has 0 fully saturated rings. The Hall–Kier alpha value is -3.34. The first-order valence-corrected chi connectivity index (χ1v) is 17.2. The molecule has 0 aromatic heterocycles. The van der Waals surface area contributed by atoms with Gasteiger partial charge in [0.15, 0.2) is 0 Å². The van der Waals surface area contributed by atoms with E-state index >= 15 is 0 Å². The Kier molecular flexibility index (Phi) is 9.72. The predicted octanol–water partition coefficient (Wildman–Crippen LogP) is 14.2. The smallest absolute Gasteiger partial charge is 0.166 e. The van der Waals surface area contributed by atoms with Crippen molar-refractivity contribution in [2.45, 2.75) is 24.7 Å². The van der Waals surface area contributed by atoms with Gasteiger partial charge in [0, 0.05) is 19.6 Å². The third kappa shape index (κ3) is 7.77. The molecular formula is C34H16F12S4. The molecule has 0 spiro atoms. The van der Waals surface area contributed by atoms with E-state index in [9.17, 15) is 52.7 Å². The second-order valence-electron chi connectivity index (χ2n) is 10.6. The molecule has 2 aliphatic heterocycles. The number of halogens is 12. The van der Waals surface area contributed by atoms with Crippen molar-refractivity contribution in [3.8, 4) is 0 Å². The number of thioether (sulfide) groups is 4. The number of benzene rings is 4. The molecule has 0 atom stereocenters. The summed E-state index contributed by atoms with van der Waals surface area (Å²) in [7, 11) is 0. The summed E-state index contributed by atoms with van der Waals surface area (Å²) in [6.45, 7) is 0. The fourth-order valence-corrected chi connectivity index (χ4v) is 10.5. The van der Waals surface area contributed by atoms with Crippen LogP contribution in [-0.2, 0) is 24.7 Å². The third-order valence-electron chi connectivity index (χ3n) is 7.26. The quantitative estimate of drug-likeness (QED) is 0.189. The molecule has 0 saturated carbocycles. The van der Waals surface area contributed by atoms with Crippen LogP contribution in [0.2, 0.25) is 0 Å². The highest BCUT2D eigenvalue weighted by atomic mass is 32.2. The fraction of sp³-hybridized carbons (Fsp3) is 0.118. The average molecular weight is 781 g/mol. The van der Waals surface area contributed by atoms with Gasteiger partial charge in [-0.25, -0.2) is 0 Å². The zero-order valence-corrected chi connectivity index (χ0v) is 27.7. The van der Waals surface area contributed by atoms with Crippen LogP contribution in [0.3, 0.4) is 0 Å². The lowest BCUT2D eigenvalue weighted by Crippen LogP contribution is -2.04. The molecule has 0 unspecified atom stereocenters. The lowest BCUT2D eigenvalue weighted by atomic mass is 10.1. The zero-order valence-electron chi connectivity index (χ0n) is 24.4. The van der Waals surface area contributed by atoms with E-state index in [-0.39, 0.29) is 0 Å². The number of rotatable bonds is 4. The molecule has 0 nitrogen and oxygen atoms in total. The minimum atomic E-state index is -4.61. The highest BCUT2D eigenvalue weighted by Crippen LogP contribution is 2.66. The van der Waals surface area contributed by atoms with E-state index in [1.165, 1.54) is 48.5 Å². The van der Waals surface area contributed by atoms with Gasteiger partial charge < -0.3 is 0 Å². The van der Waals surface area contributed by atoms with Crippen LogP contribution in [-0.4, -0.2) is 0 Å². The second kappa shape index (κ2) is 13.3. The average Bonchev–Trinajstić information content (AvgIpc) is 3.69. The maximum Gasteiger partial charge on any atom is 0.416 e. The van der Waals surface area contributed by atoms with Crippen molar-refractivity contribution in [2.75, 3.05) is 0 Å². The normalized spacial score (nSPS) is 16.2. The molecule has 2 aliphatic rings. The number of hydrogen-bond acceptors (Lipinski definition) is 4. The molecule has 4 aromatic rings. The van der Waals surface area contributed by atoms with Gasteiger partial charge in [0.05, 0.1) is 30.7 Å². The number of hydrogen-bond donors (Lipinski definition) is 0. The lowest BCUT2D eigenvalue weighted by molar-refractivity contribution is -0.138. The first kappa shape index (κ1) is 36.5. The van der Waals surface area contributed by atoms with Crippen molar-refractivity contribution >= 4 is 66.7 Å². The van der Waals surface area contributed by atoms with Crippen molar-refractivity contribution in [1.82, 2.24) is 0 Å². The van der Waals surface area contributed by atoms with Gasteiger partial charge in [-0.2, -0.15) is 52.7 Å². The Morgan fingerprint density at radius 2 is 0.420 bits per heavy atom. The van der Waals surface area contributed by atoms with Crippen LogP contribution >= 0.6 is 47.0 Å². The van der Waals surface area contributed by atoms with E-state index in [0.29, 0.717) is 50.3 Å². The van der Waals surface area contributed by atoms with Crippen LogP contribution in [0.25, 0.3) is 19.6 Å². The van der Waals surface area contributed by atoms with E-state index in [1.54, 1.807) is 0 Å². The topological polar surface area (TPSA) is 0 Å². The maximum atomic E-state index is 13.3. The summed E-state index contributed by atoms with van der Waals surface area (Å²) >= 11 is 4.58. The molecule has 6 rings (SSSR count). The van der Waals surface area contributed by atoms with Crippen LogP contribution in [0.4, 0.5) is 52.7 Å². The van der Waals surface area contributed by atoms with Crippen LogP contribution < -0.4 is 0 Å². The molecule has 0 N–H and O–H groups in total. The Morgan fingerprint density at radius 3 is 0.560 bits per heavy atom. The first-order valence-electron chi connectivity index (χ1n) is 13.9. The van der Waals surface area contributed by atoms with Gasteiger partial charge in [-0.3, -0.25) is 0 Å². The van der Waals surface area contributed by atoms with E-state index < -0.39 is 47.0 Å². The molecule has 2 heterocycles. The first-order chi connectivity index (χ1) is 23.3. The summed E-state index contributed by atoms with van der Waals surface area (Å²) in [6, 6.07) is 17.1. The predicted molar refractivity (Wildman–Crippen MR) is 177 cm³/mol. The molecule has 0 saturated heterocycles. The van der Waals surface area contributed by atoms with Crippen molar-refractivity contribution in [2.24, 2.45) is 0 Å². The van der Waals surface area contributed by atoms with Gasteiger partial charge in [-0.05, 0) is 70.8 Å². The summed E-state index contributed by atoms with van der Waals surface area (Å²) in [5, 5.41) is 0. The summed E-state index contributed by atoms with van der Waals surface area (Å²) < 4.78 is 161. The summed E-state index contributed by atoms with van der Waals surface area (Å²) in [4.78, 5) is 1.80. The number of alkyl halides is 12. The monoisotopic (exact) mass is 780 g/mol. The Labute approximate surface area is 293 Å². The molecule has 16 heteroatoms. The summed E-state index contributed by atoms with van der Waals surface area (Å²) in [5.41, 5.74) is -2.19. The van der Waals surface area contributed by atoms with E-state index in [4.69, 9.17) is 0 Å². The second-order valence-corrected chi connectivity index (χ2v) is 15.2. The standard InChI is InChI=1S/C34H16F12S4/c35-31(36,37)21-9-1-17(2-10-21)25-26(18-3-11-22(12-4-18)32(38,39)40)48-29(47-25)30-49-27(19-5-13-23(14-6-19)33(41,42)43)28(50-30)20-7-15-24(16-8-20)34(44,45)46/h1-16H. The largest absolute Gasteiger partial charge is 0.416 e. The minimum absolute atomic E-state index is 0.355. The SMILES string of the molecule is FC(F)(F)c1ccc(C2=C(c3ccc(C(F)(F)F)cc3)SC(=C3SC(c4ccc(C(F)(F)F)cc4)=C(c4ccc(C(F)(F)F)cc4)S3)S2)cc1. The third-order valence-corrected chi connectivity index (χ3v) is 13.2. The van der Waals surface area contributed by atoms with Crippen molar-refractivity contribution in [3.63, 3.8) is 0 Å². The zero-order chi connectivity index (χ0) is 36.2. The van der Waals surface area contributed by atoms with Gasteiger partial charge in [0.25, 0.3) is 0 Å². The van der Waals surface area contributed by atoms with Gasteiger partial charge in [0.1, 0.15) is 0 Å². The van der Waals surface area contributed by atoms with Crippen molar-refractivity contribution < 1.29 is 52.7 Å². The summed E-state index contributed by atoms with van der Waals surface area (Å²) in [6.07, 6.45) is -18.4. The van der Waals surface area contributed by atoms with E-state index in [0.717, 1.165) is 95.6 Å². The van der Waals surface area contributed by atoms with Crippen LogP contribution in [0, 0.1) is 0 Å². The Morgan fingerprint density at radius 1 is 0.260 bits per heavy atom. The Balaban J connectivity index is 1.42. The van der Waals surface area contributed by atoms with E-state index in [1.807, 2.05) is 0 Å². The fourth-order valence-electron chi connectivity index (χ4n) is 4.77. The highest BCUT2D eigenvalue weighted by Gasteiger charge is 2.36. The molecule has 50 heavy (non-hydrogen) atoms. The summed E-state index contributed by atoms with van der Waals surface area (Å²) in [5.74, 6) is 0. The van der Waals surface area contributed by atoms with Gasteiger partial charge in [-0.15, -0.1) is 0 Å². The van der Waals surface area contributed by atoms with Crippen molar-refractivity contribution in [3.05, 3.63) is 150 Å². The molecule has 4 aromatic carbocycles. The van der Waals surface area contributed by atoms with Gasteiger partial charge in [0.2, 0.25) is 0 Å². The molecule has 260 valence electrons. The lowest BCUT2D eigenvalue weighted by Gasteiger charge is -2.10. The Bertz CT molecular complexity index is 1710. The van der Waals surface area contributed by atoms with E-state index in [2.05, 4.69) is 0 Å². The molecule has 0 radical (unpaired) electrons. The van der Waals surface area contributed by atoms with Gasteiger partial charge in [-0.1, -0.05) is 95.6 Å². The molecule has 0 amide bonds. The van der Waals surface area contributed by atoms with Gasteiger partial charge >= 0.3 is 24.7 Å². The van der Waals surface area contributed by atoms with Crippen LogP contribution in [0.5, 0.6) is 0 Å².